The Morgan fingerprint density at radius 3 is 2.69 bits per heavy atom. The molecule has 1 aliphatic carbocycles. The Balaban J connectivity index is 2.13. The Kier molecular flexibility index (Phi) is 5.25. The van der Waals surface area contributed by atoms with E-state index in [-0.39, 0.29) is 17.5 Å². The van der Waals surface area contributed by atoms with Crippen LogP contribution in [0.25, 0.3) is 0 Å². The third-order valence-electron chi connectivity index (χ3n) is 4.82. The SMILES string of the molecule is CCC(=Nc1cccc(N)c1)c1c(O)n(C2CCCCC2)c(=O)[nH]c1=O. The number of benzene rings is 1. The Morgan fingerprint density at radius 2 is 2.04 bits per heavy atom. The van der Waals surface area contributed by atoms with Crippen LogP contribution in [0.3, 0.4) is 0 Å². The summed E-state index contributed by atoms with van der Waals surface area (Å²) in [6, 6.07) is 6.89. The van der Waals surface area contributed by atoms with E-state index in [1.807, 2.05) is 6.92 Å². The van der Waals surface area contributed by atoms with Crippen molar-refractivity contribution in [2.45, 2.75) is 51.5 Å². The van der Waals surface area contributed by atoms with Crippen molar-refractivity contribution in [2.24, 2.45) is 4.99 Å². The van der Waals surface area contributed by atoms with Crippen molar-refractivity contribution < 1.29 is 5.11 Å². The number of aromatic amines is 1. The molecule has 0 aliphatic heterocycles. The minimum absolute atomic E-state index is 0.0556. The number of H-pyrrole nitrogens is 1. The number of hydrogen-bond acceptors (Lipinski definition) is 5. The quantitative estimate of drug-likeness (QED) is 0.577. The van der Waals surface area contributed by atoms with Crippen molar-refractivity contribution in [3.63, 3.8) is 0 Å². The molecule has 1 fully saturated rings. The summed E-state index contributed by atoms with van der Waals surface area (Å²) in [5, 5.41) is 10.8. The zero-order chi connectivity index (χ0) is 18.7. The molecule has 1 aliphatic rings. The molecule has 0 saturated heterocycles. The average molecular weight is 356 g/mol. The molecular formula is C19H24N4O3. The van der Waals surface area contributed by atoms with Crippen molar-refractivity contribution >= 4 is 17.1 Å². The molecule has 1 heterocycles. The summed E-state index contributed by atoms with van der Waals surface area (Å²) in [6.07, 6.45) is 5.18. The number of rotatable bonds is 4. The fourth-order valence-corrected chi connectivity index (χ4v) is 3.54. The number of nitrogens with zero attached hydrogens (tertiary/aromatic N) is 2. The molecule has 1 saturated carbocycles. The van der Waals surface area contributed by atoms with E-state index < -0.39 is 11.2 Å². The van der Waals surface area contributed by atoms with Gasteiger partial charge in [0.05, 0.1) is 11.4 Å². The summed E-state index contributed by atoms with van der Waals surface area (Å²) in [5.41, 5.74) is 6.22. The van der Waals surface area contributed by atoms with Gasteiger partial charge in [-0.05, 0) is 37.5 Å². The van der Waals surface area contributed by atoms with E-state index in [4.69, 9.17) is 5.73 Å². The first-order valence-corrected chi connectivity index (χ1v) is 9.02. The van der Waals surface area contributed by atoms with E-state index in [0.717, 1.165) is 32.1 Å². The lowest BCUT2D eigenvalue weighted by molar-refractivity contribution is 0.298. The van der Waals surface area contributed by atoms with E-state index in [2.05, 4.69) is 9.98 Å². The summed E-state index contributed by atoms with van der Waals surface area (Å²) in [7, 11) is 0. The Morgan fingerprint density at radius 1 is 1.31 bits per heavy atom. The van der Waals surface area contributed by atoms with Gasteiger partial charge in [0, 0.05) is 11.7 Å². The van der Waals surface area contributed by atoms with Gasteiger partial charge in [0.25, 0.3) is 5.56 Å². The van der Waals surface area contributed by atoms with Crippen LogP contribution < -0.4 is 17.0 Å². The third kappa shape index (κ3) is 3.56. The highest BCUT2D eigenvalue weighted by Crippen LogP contribution is 2.30. The Bertz CT molecular complexity index is 937. The Hall–Kier alpha value is -2.83. The van der Waals surface area contributed by atoms with Crippen LogP contribution in [0.2, 0.25) is 0 Å². The molecule has 3 rings (SSSR count). The second-order valence-corrected chi connectivity index (χ2v) is 6.63. The van der Waals surface area contributed by atoms with E-state index in [1.54, 1.807) is 24.3 Å². The topological polar surface area (TPSA) is 113 Å². The molecule has 1 aromatic heterocycles. The number of aliphatic imine (C=N–C) groups is 1. The van der Waals surface area contributed by atoms with Gasteiger partial charge in [0.1, 0.15) is 5.56 Å². The molecule has 7 heteroatoms. The maximum Gasteiger partial charge on any atom is 0.331 e. The second-order valence-electron chi connectivity index (χ2n) is 6.63. The molecule has 0 radical (unpaired) electrons. The highest BCUT2D eigenvalue weighted by molar-refractivity contribution is 6.03. The number of aromatic nitrogens is 2. The Labute approximate surface area is 151 Å². The monoisotopic (exact) mass is 356 g/mol. The number of nitrogen functional groups attached to an aromatic ring is 1. The average Bonchev–Trinajstić information content (AvgIpc) is 2.61. The summed E-state index contributed by atoms with van der Waals surface area (Å²) in [4.78, 5) is 31.6. The van der Waals surface area contributed by atoms with Crippen molar-refractivity contribution in [3.8, 4) is 5.88 Å². The first kappa shape index (κ1) is 18.0. The van der Waals surface area contributed by atoms with Crippen LogP contribution in [0.15, 0.2) is 38.8 Å². The van der Waals surface area contributed by atoms with Crippen LogP contribution in [0.5, 0.6) is 5.88 Å². The molecule has 138 valence electrons. The van der Waals surface area contributed by atoms with E-state index in [9.17, 15) is 14.7 Å². The lowest BCUT2D eigenvalue weighted by Gasteiger charge is -2.25. The first-order valence-electron chi connectivity index (χ1n) is 9.02. The highest BCUT2D eigenvalue weighted by atomic mass is 16.3. The zero-order valence-electron chi connectivity index (χ0n) is 14.9. The second kappa shape index (κ2) is 7.59. The van der Waals surface area contributed by atoms with Gasteiger partial charge in [-0.2, -0.15) is 0 Å². The zero-order valence-corrected chi connectivity index (χ0v) is 14.9. The van der Waals surface area contributed by atoms with Gasteiger partial charge in [-0.15, -0.1) is 0 Å². The van der Waals surface area contributed by atoms with Gasteiger partial charge in [-0.25, -0.2) is 4.79 Å². The van der Waals surface area contributed by atoms with Gasteiger partial charge < -0.3 is 10.8 Å². The third-order valence-corrected chi connectivity index (χ3v) is 4.82. The van der Waals surface area contributed by atoms with Crippen molar-refractivity contribution in [1.82, 2.24) is 9.55 Å². The van der Waals surface area contributed by atoms with Crippen molar-refractivity contribution in [3.05, 3.63) is 50.7 Å². The molecule has 0 bridgehead atoms. The standard InChI is InChI=1S/C19H24N4O3/c1-2-15(21-13-8-6-7-12(20)11-13)16-17(24)22-19(26)23(18(16)25)14-9-4-3-5-10-14/h6-8,11,14,25H,2-5,9-10,20H2,1H3,(H,22,24,26). The summed E-state index contributed by atoms with van der Waals surface area (Å²) in [5.74, 6) is -0.296. The van der Waals surface area contributed by atoms with Crippen molar-refractivity contribution in [1.29, 1.82) is 0 Å². The van der Waals surface area contributed by atoms with Crippen LogP contribution in [0, 0.1) is 0 Å². The van der Waals surface area contributed by atoms with E-state index in [0.29, 0.717) is 23.5 Å². The number of nitrogens with two attached hydrogens (primary N) is 1. The van der Waals surface area contributed by atoms with Gasteiger partial charge in [-0.3, -0.25) is 19.3 Å². The first-order chi connectivity index (χ1) is 12.5. The molecule has 1 aromatic carbocycles. The largest absolute Gasteiger partial charge is 0.494 e. The minimum atomic E-state index is -0.621. The molecule has 0 unspecified atom stereocenters. The molecule has 0 spiro atoms. The molecule has 26 heavy (non-hydrogen) atoms. The van der Waals surface area contributed by atoms with Crippen LogP contribution in [-0.2, 0) is 0 Å². The lowest BCUT2D eigenvalue weighted by atomic mass is 9.95. The van der Waals surface area contributed by atoms with Crippen LogP contribution in [0.4, 0.5) is 11.4 Å². The maximum absolute atomic E-state index is 12.4. The number of nitrogens with one attached hydrogen (secondary N) is 1. The molecule has 2 aromatic rings. The van der Waals surface area contributed by atoms with Crippen LogP contribution >= 0.6 is 0 Å². The minimum Gasteiger partial charge on any atom is -0.494 e. The lowest BCUT2D eigenvalue weighted by Crippen LogP contribution is -2.36. The normalized spacial score (nSPS) is 16.0. The number of hydrogen-bond donors (Lipinski definition) is 3. The van der Waals surface area contributed by atoms with Crippen molar-refractivity contribution in [2.75, 3.05) is 5.73 Å². The van der Waals surface area contributed by atoms with Crippen LogP contribution in [-0.4, -0.2) is 20.4 Å². The molecule has 4 N–H and O–H groups in total. The van der Waals surface area contributed by atoms with Gasteiger partial charge in [0.2, 0.25) is 5.88 Å². The molecule has 0 atom stereocenters. The summed E-state index contributed by atoms with van der Waals surface area (Å²) in [6.45, 7) is 1.85. The van der Waals surface area contributed by atoms with Crippen LogP contribution in [0.1, 0.15) is 57.1 Å². The fraction of sp³-hybridized carbons (Fsp3) is 0.421. The highest BCUT2D eigenvalue weighted by Gasteiger charge is 2.24. The van der Waals surface area contributed by atoms with E-state index >= 15 is 0 Å². The summed E-state index contributed by atoms with van der Waals surface area (Å²) < 4.78 is 1.32. The number of aromatic hydroxyl groups is 1. The number of anilines is 1. The maximum atomic E-state index is 12.4. The fourth-order valence-electron chi connectivity index (χ4n) is 3.54. The molecule has 0 amide bonds. The smallest absolute Gasteiger partial charge is 0.331 e. The predicted octanol–water partition coefficient (Wildman–Crippen LogP) is 2.86. The van der Waals surface area contributed by atoms with Gasteiger partial charge >= 0.3 is 5.69 Å². The van der Waals surface area contributed by atoms with E-state index in [1.165, 1.54) is 4.57 Å². The summed E-state index contributed by atoms with van der Waals surface area (Å²) >= 11 is 0. The van der Waals surface area contributed by atoms with Gasteiger partial charge in [-0.1, -0.05) is 32.3 Å². The molecule has 7 nitrogen and oxygen atoms in total. The predicted molar refractivity (Wildman–Crippen MR) is 102 cm³/mol. The molecular weight excluding hydrogens is 332 g/mol. The van der Waals surface area contributed by atoms with Gasteiger partial charge in [0.15, 0.2) is 0 Å².